The van der Waals surface area contributed by atoms with Gasteiger partial charge < -0.3 is 42.9 Å². The van der Waals surface area contributed by atoms with Gasteiger partial charge >= 0.3 is 5.97 Å². The largest absolute Gasteiger partial charge is 0.480 e. The first-order chi connectivity index (χ1) is 14.1. The lowest BCUT2D eigenvalue weighted by atomic mass is 10.1. The Hall–Kier alpha value is -2.93. The molecule has 0 aliphatic carbocycles. The normalized spacial score (nSPS) is 18.8. The number of nitrogens with two attached hydrogens (primary N) is 3. The van der Waals surface area contributed by atoms with Crippen LogP contribution >= 0.6 is 0 Å². The quantitative estimate of drug-likeness (QED) is 0.0977. The summed E-state index contributed by atoms with van der Waals surface area (Å²) in [5.41, 5.74) is 15.9. The van der Waals surface area contributed by atoms with E-state index < -0.39 is 54.5 Å². The highest BCUT2D eigenvalue weighted by Gasteiger charge is 2.38. The third-order valence-corrected chi connectivity index (χ3v) is 4.61. The van der Waals surface area contributed by atoms with Crippen LogP contribution in [0.5, 0.6) is 0 Å². The summed E-state index contributed by atoms with van der Waals surface area (Å²) in [5, 5.41) is 23.6. The summed E-state index contributed by atoms with van der Waals surface area (Å²) in [5.74, 6) is -3.20. The van der Waals surface area contributed by atoms with Crippen LogP contribution in [-0.2, 0) is 19.2 Å². The van der Waals surface area contributed by atoms with Crippen LogP contribution in [0.1, 0.15) is 32.6 Å². The van der Waals surface area contributed by atoms with Crippen LogP contribution in [-0.4, -0.2) is 88.6 Å². The average Bonchev–Trinajstić information content (AvgIpc) is 3.16. The van der Waals surface area contributed by atoms with Gasteiger partial charge in [0.25, 0.3) is 0 Å². The van der Waals surface area contributed by atoms with Gasteiger partial charge in [0.2, 0.25) is 17.7 Å². The number of carbonyl (C=O) groups is 4. The Morgan fingerprint density at radius 3 is 2.40 bits per heavy atom. The van der Waals surface area contributed by atoms with Crippen LogP contribution in [0.25, 0.3) is 0 Å². The van der Waals surface area contributed by atoms with E-state index in [4.69, 9.17) is 17.2 Å². The second-order valence-corrected chi connectivity index (χ2v) is 7.07. The Labute approximate surface area is 174 Å². The highest BCUT2D eigenvalue weighted by atomic mass is 16.4. The Morgan fingerprint density at radius 2 is 1.87 bits per heavy atom. The number of carboxylic acids is 1. The summed E-state index contributed by atoms with van der Waals surface area (Å²) in [4.78, 5) is 53.6. The molecule has 0 spiro atoms. The highest BCUT2D eigenvalue weighted by Crippen LogP contribution is 2.19. The molecule has 1 fully saturated rings. The van der Waals surface area contributed by atoms with Crippen molar-refractivity contribution < 1.29 is 29.4 Å². The van der Waals surface area contributed by atoms with E-state index >= 15 is 0 Å². The van der Waals surface area contributed by atoms with Crippen LogP contribution in [0.15, 0.2) is 4.99 Å². The van der Waals surface area contributed by atoms with Gasteiger partial charge in [0.05, 0.1) is 12.6 Å². The molecule has 1 aliphatic heterocycles. The first-order valence-electron chi connectivity index (χ1n) is 9.64. The lowest BCUT2D eigenvalue weighted by Gasteiger charge is -2.29. The van der Waals surface area contributed by atoms with Crippen molar-refractivity contribution in [3.05, 3.63) is 0 Å². The molecule has 4 atom stereocenters. The number of hydrogen-bond acceptors (Lipinski definition) is 7. The lowest BCUT2D eigenvalue weighted by molar-refractivity contribution is -0.145. The molecule has 0 saturated carbocycles. The molecule has 1 heterocycles. The Morgan fingerprint density at radius 1 is 1.20 bits per heavy atom. The molecule has 0 aromatic rings. The van der Waals surface area contributed by atoms with Crippen molar-refractivity contribution in [1.29, 1.82) is 0 Å². The predicted octanol–water partition coefficient (Wildman–Crippen LogP) is -3.58. The number of carbonyl (C=O) groups excluding carboxylic acids is 3. The van der Waals surface area contributed by atoms with Crippen molar-refractivity contribution in [1.82, 2.24) is 15.5 Å². The second-order valence-electron chi connectivity index (χ2n) is 7.07. The molecule has 0 radical (unpaired) electrons. The molecule has 1 aliphatic rings. The lowest BCUT2D eigenvalue weighted by Crippen LogP contribution is -2.57. The number of hydrogen-bond donors (Lipinski definition) is 7. The van der Waals surface area contributed by atoms with Crippen molar-refractivity contribution in [3.63, 3.8) is 0 Å². The zero-order valence-corrected chi connectivity index (χ0v) is 16.9. The van der Waals surface area contributed by atoms with E-state index in [1.807, 2.05) is 0 Å². The van der Waals surface area contributed by atoms with Gasteiger partial charge in [-0.15, -0.1) is 0 Å². The molecule has 30 heavy (non-hydrogen) atoms. The number of aliphatic hydroxyl groups excluding tert-OH is 1. The molecule has 13 heteroatoms. The summed E-state index contributed by atoms with van der Waals surface area (Å²) >= 11 is 0. The summed E-state index contributed by atoms with van der Waals surface area (Å²) in [6, 6.07) is -4.19. The van der Waals surface area contributed by atoms with Crippen molar-refractivity contribution in [2.24, 2.45) is 22.2 Å². The van der Waals surface area contributed by atoms with E-state index in [9.17, 15) is 29.4 Å². The average molecular weight is 429 g/mol. The maximum absolute atomic E-state index is 12.7. The number of aliphatic carboxylic acids is 1. The number of aliphatic hydroxyl groups is 1. The molecule has 0 aromatic heterocycles. The first-order valence-corrected chi connectivity index (χ1v) is 9.64. The van der Waals surface area contributed by atoms with Crippen LogP contribution in [0, 0.1) is 0 Å². The van der Waals surface area contributed by atoms with Gasteiger partial charge in [0.1, 0.15) is 18.1 Å². The molecule has 0 aromatic carbocycles. The third-order valence-electron chi connectivity index (χ3n) is 4.61. The maximum Gasteiger partial charge on any atom is 0.326 e. The monoisotopic (exact) mass is 429 g/mol. The van der Waals surface area contributed by atoms with E-state index in [0.29, 0.717) is 19.3 Å². The number of nitrogens with one attached hydrogen (secondary N) is 2. The number of amides is 3. The Kier molecular flexibility index (Phi) is 9.98. The fraction of sp³-hybridized carbons (Fsp3) is 0.706. The van der Waals surface area contributed by atoms with Gasteiger partial charge in [-0.3, -0.25) is 19.4 Å². The van der Waals surface area contributed by atoms with Crippen molar-refractivity contribution in [3.8, 4) is 0 Å². The van der Waals surface area contributed by atoms with Gasteiger partial charge in [-0.05, 0) is 32.6 Å². The minimum Gasteiger partial charge on any atom is -0.480 e. The summed E-state index contributed by atoms with van der Waals surface area (Å²) in [6.07, 6.45) is 1.28. The molecular formula is C17H31N7O6. The number of guanidine groups is 1. The van der Waals surface area contributed by atoms with Gasteiger partial charge in [0, 0.05) is 13.1 Å². The predicted molar refractivity (Wildman–Crippen MR) is 107 cm³/mol. The molecule has 3 amide bonds. The topological polar surface area (TPSA) is 226 Å². The zero-order chi connectivity index (χ0) is 22.8. The van der Waals surface area contributed by atoms with Crippen LogP contribution in [0.3, 0.4) is 0 Å². The van der Waals surface area contributed by atoms with Gasteiger partial charge in [-0.2, -0.15) is 0 Å². The van der Waals surface area contributed by atoms with Crippen LogP contribution in [0.4, 0.5) is 0 Å². The van der Waals surface area contributed by atoms with E-state index in [1.165, 1.54) is 11.8 Å². The smallest absolute Gasteiger partial charge is 0.326 e. The highest BCUT2D eigenvalue weighted by molar-refractivity contribution is 5.94. The van der Waals surface area contributed by atoms with Gasteiger partial charge in [-0.25, -0.2) is 4.79 Å². The minimum atomic E-state index is -1.24. The molecule has 170 valence electrons. The van der Waals surface area contributed by atoms with Crippen LogP contribution in [0.2, 0.25) is 0 Å². The van der Waals surface area contributed by atoms with E-state index in [2.05, 4.69) is 15.6 Å². The van der Waals surface area contributed by atoms with Crippen molar-refractivity contribution in [2.75, 3.05) is 19.7 Å². The molecule has 1 saturated heterocycles. The van der Waals surface area contributed by atoms with E-state index in [0.717, 1.165) is 0 Å². The van der Waals surface area contributed by atoms with E-state index in [-0.39, 0.29) is 25.5 Å². The number of aliphatic imine (C=N–C) groups is 1. The molecule has 4 unspecified atom stereocenters. The Bertz CT molecular complexity index is 665. The summed E-state index contributed by atoms with van der Waals surface area (Å²) in [6.45, 7) is 1.22. The number of likely N-dealkylation sites (tertiary alicyclic amines) is 1. The van der Waals surface area contributed by atoms with Crippen molar-refractivity contribution in [2.45, 2.75) is 56.8 Å². The molecular weight excluding hydrogens is 398 g/mol. The van der Waals surface area contributed by atoms with E-state index in [1.54, 1.807) is 0 Å². The minimum absolute atomic E-state index is 0.0994. The molecule has 10 N–H and O–H groups in total. The summed E-state index contributed by atoms with van der Waals surface area (Å²) in [7, 11) is 0. The second kappa shape index (κ2) is 11.9. The summed E-state index contributed by atoms with van der Waals surface area (Å²) < 4.78 is 0. The number of rotatable bonds is 11. The standard InChI is InChI=1S/C17H31N7O6/c1-9(18)13(26)23-11(8-25)15(28)24-7-3-5-12(24)14(27)22-10(16(29)30)4-2-6-21-17(19)20/h9-12,25H,2-8,18H2,1H3,(H,22,27)(H,23,26)(H,29,30)(H4,19,20,21). The zero-order valence-electron chi connectivity index (χ0n) is 16.9. The molecule has 0 bridgehead atoms. The molecule has 1 rings (SSSR count). The fourth-order valence-corrected chi connectivity index (χ4v) is 3.02. The third kappa shape index (κ3) is 7.48. The Balaban J connectivity index is 2.76. The first kappa shape index (κ1) is 25.1. The van der Waals surface area contributed by atoms with Gasteiger partial charge in [-0.1, -0.05) is 0 Å². The maximum atomic E-state index is 12.7. The fourth-order valence-electron chi connectivity index (χ4n) is 3.02. The van der Waals surface area contributed by atoms with Gasteiger partial charge in [0.15, 0.2) is 5.96 Å². The number of carboxylic acid groups (broad SMARTS) is 1. The molecule has 13 nitrogen and oxygen atoms in total. The SMILES string of the molecule is CC(N)C(=O)NC(CO)C(=O)N1CCCC1C(=O)NC(CCCN=C(N)N)C(=O)O. The van der Waals surface area contributed by atoms with Crippen molar-refractivity contribution >= 4 is 29.7 Å². The number of nitrogens with zero attached hydrogens (tertiary/aromatic N) is 2. The van der Waals surface area contributed by atoms with Crippen LogP contribution < -0.4 is 27.8 Å².